The molecule has 2 rings (SSSR count). The summed E-state index contributed by atoms with van der Waals surface area (Å²) in [5.74, 6) is 0.884. The highest BCUT2D eigenvalue weighted by Crippen LogP contribution is 2.49. The Morgan fingerprint density at radius 1 is 0.364 bits per heavy atom. The van der Waals surface area contributed by atoms with Gasteiger partial charge in [-0.15, -0.1) is 0 Å². The first kappa shape index (κ1) is 87.0. The van der Waals surface area contributed by atoms with Crippen LogP contribution in [0.3, 0.4) is 0 Å². The molecular formula is C68H141NO14P4S. The second-order valence-corrected chi connectivity index (χ2v) is 32.9. The fraction of sp³-hybridized carbons (Fsp3) is 0.941. The lowest BCUT2D eigenvalue weighted by molar-refractivity contribution is 0.00743. The zero-order valence-corrected chi connectivity index (χ0v) is 61.3. The summed E-state index contributed by atoms with van der Waals surface area (Å²) in [6.45, 7) is 5.33. The Morgan fingerprint density at radius 3 is 0.886 bits per heavy atom. The summed E-state index contributed by atoms with van der Waals surface area (Å²) in [4.78, 5) is 41.1. The number of nitrogens with two attached hydrogens (primary N) is 1. The highest BCUT2D eigenvalue weighted by Gasteiger charge is 2.35. The van der Waals surface area contributed by atoms with Crippen molar-refractivity contribution in [3.63, 3.8) is 0 Å². The van der Waals surface area contributed by atoms with E-state index >= 15 is 0 Å². The molecule has 15 nitrogen and oxygen atoms in total. The molecule has 2 heterocycles. The first-order valence-corrected chi connectivity index (χ1v) is 43.8. The van der Waals surface area contributed by atoms with Crippen LogP contribution >= 0.6 is 42.9 Å². The molecule has 6 N–H and O–H groups in total. The minimum Gasteiger partial charge on any atom is -0.373 e. The van der Waals surface area contributed by atoms with Gasteiger partial charge in [0.1, 0.15) is 12.2 Å². The van der Waals surface area contributed by atoms with Crippen molar-refractivity contribution in [2.24, 2.45) is 5.73 Å². The van der Waals surface area contributed by atoms with E-state index in [2.05, 4.69) is 44.8 Å². The van der Waals surface area contributed by atoms with Crippen molar-refractivity contribution in [1.82, 2.24) is 0 Å². The van der Waals surface area contributed by atoms with E-state index in [1.807, 2.05) is 0 Å². The van der Waals surface area contributed by atoms with Crippen LogP contribution < -0.4 is 5.73 Å². The summed E-state index contributed by atoms with van der Waals surface area (Å²) in [7, 11) is -11.3. The Bertz CT molecular complexity index is 1730. The maximum absolute atomic E-state index is 10.6. The lowest BCUT2D eigenvalue weighted by atomic mass is 10.0. The van der Waals surface area contributed by atoms with Gasteiger partial charge in [-0.05, 0) is 69.6 Å². The number of hydrogen-bond acceptors (Lipinski definition) is 16. The first-order chi connectivity index (χ1) is 42.6. The maximum Gasteiger partial charge on any atom is 0.248 e. The number of ether oxygens (including phenoxy) is 2. The van der Waals surface area contributed by atoms with Crippen molar-refractivity contribution in [1.29, 1.82) is 0 Å². The zero-order chi connectivity index (χ0) is 64.4. The van der Waals surface area contributed by atoms with Gasteiger partial charge in [-0.25, -0.2) is 0 Å². The van der Waals surface area contributed by atoms with Crippen molar-refractivity contribution < 1.29 is 65.2 Å². The van der Waals surface area contributed by atoms with Crippen molar-refractivity contribution in [2.75, 3.05) is 65.7 Å². The van der Waals surface area contributed by atoms with Crippen molar-refractivity contribution in [2.45, 2.75) is 346 Å². The molecule has 0 amide bonds. The highest BCUT2D eigenvalue weighted by molar-refractivity contribution is 7.80. The normalized spacial score (nSPS) is 19.7. The third-order valence-electron chi connectivity index (χ3n) is 16.8. The van der Waals surface area contributed by atoms with Crippen LogP contribution in [0.15, 0.2) is 0 Å². The molecule has 0 aromatic heterocycles. The minimum atomic E-state index is -3.22. The van der Waals surface area contributed by atoms with Crippen LogP contribution in [0.1, 0.15) is 322 Å². The van der Waals surface area contributed by atoms with E-state index in [0.717, 1.165) is 70.0 Å². The lowest BCUT2D eigenvalue weighted by Gasteiger charge is -2.26. The van der Waals surface area contributed by atoms with Crippen LogP contribution in [0, 0.1) is 0 Å². The molecule has 528 valence electrons. The van der Waals surface area contributed by atoms with Crippen LogP contribution in [0.4, 0.5) is 0 Å². The van der Waals surface area contributed by atoms with E-state index in [9.17, 15) is 19.6 Å². The van der Waals surface area contributed by atoms with Gasteiger partial charge in [-0.1, -0.05) is 277 Å². The molecule has 88 heavy (non-hydrogen) atoms. The van der Waals surface area contributed by atoms with Crippen LogP contribution in [-0.4, -0.2) is 135 Å². The summed E-state index contributed by atoms with van der Waals surface area (Å²) in [6.07, 6.45) is 77.1. The lowest BCUT2D eigenvalue weighted by Crippen LogP contribution is -2.28. The number of rotatable bonds is 66. The standard InChI is InChI=1S/C54H111NO7P2.C14H30O7P2S/c1-4-5-6-7-8-9-10-11-12-13-14-15-16-17-18-19-20-21-22-23-24-25-26-27-28-29-30-31-32-33-34-35-36-37-38-39-40-42-45-49-59-63(2,56)61-52-54-53(47-51-58-54)62-64(3,57)60-50-46-43-41-44-48-55;1-17-22(2,15)21-13-8-10-18-14(13)12-20-23(3,16)19-9-6-4-5-7-11-24/h53-54,56-57H,2-52,55H2,1H3;13-16,24H,2-12H2,1H3. The number of unbranched alkanes of at least 4 members (excludes halogenated alkanes) is 44. The van der Waals surface area contributed by atoms with Crippen LogP contribution in [0.5, 0.6) is 0 Å². The predicted molar refractivity (Wildman–Crippen MR) is 386 cm³/mol. The molecule has 0 bridgehead atoms. The van der Waals surface area contributed by atoms with Gasteiger partial charge in [0, 0.05) is 33.2 Å². The van der Waals surface area contributed by atoms with Gasteiger partial charge >= 0.3 is 0 Å². The topological polar surface area (TPSA) is 199 Å². The molecule has 8 unspecified atom stereocenters. The van der Waals surface area contributed by atoms with Gasteiger partial charge in [-0.2, -0.15) is 12.6 Å². The molecule has 0 aromatic carbocycles. The van der Waals surface area contributed by atoms with E-state index in [0.29, 0.717) is 52.4 Å². The summed E-state index contributed by atoms with van der Waals surface area (Å²) in [5, 5.41) is 0. The van der Waals surface area contributed by atoms with Gasteiger partial charge in [0.15, 0.2) is 0 Å². The van der Waals surface area contributed by atoms with Gasteiger partial charge in [0.05, 0.1) is 45.2 Å². The molecule has 2 saturated heterocycles. The maximum atomic E-state index is 10.6. The van der Waals surface area contributed by atoms with Gasteiger partial charge in [-0.3, -0.25) is 0 Å². The Kier molecular flexibility index (Phi) is 59.7. The Hall–Kier alpha value is 0.950. The van der Waals surface area contributed by atoms with E-state index in [1.54, 1.807) is 0 Å². The van der Waals surface area contributed by atoms with E-state index in [4.69, 9.17) is 51.4 Å². The molecule has 2 fully saturated rings. The first-order valence-electron chi connectivity index (χ1n) is 36.1. The predicted octanol–water partition coefficient (Wildman–Crippen LogP) is 20.0. The average molecular weight is 1350 g/mol. The van der Waals surface area contributed by atoms with Crippen LogP contribution in [0.25, 0.3) is 0 Å². The molecule has 0 spiro atoms. The number of hydrogen-bond donors (Lipinski definition) is 6. The molecule has 20 heteroatoms. The SMILES string of the molecule is C=P(O)(OCCCCCCCCCCCCCCCCCCCCCCCCCCCCCCCCCCCCCCCCC)OCC1OCCC1OP(=C)(O)OCCCCCCN.C=P(O)(OCCCCCCS)OCC1OCCC1OP(=C)(O)OC. The van der Waals surface area contributed by atoms with Gasteiger partial charge in [0.25, 0.3) is 0 Å². The van der Waals surface area contributed by atoms with Gasteiger partial charge < -0.3 is 71.0 Å². The zero-order valence-electron chi connectivity index (χ0n) is 56.8. The quantitative estimate of drug-likeness (QED) is 0.0191. The largest absolute Gasteiger partial charge is 0.373 e. The van der Waals surface area contributed by atoms with Gasteiger partial charge in [0.2, 0.25) is 30.3 Å². The second-order valence-electron chi connectivity index (χ2n) is 25.3. The molecule has 2 aliphatic rings. The smallest absolute Gasteiger partial charge is 0.248 e. The summed E-state index contributed by atoms with van der Waals surface area (Å²) >= 11 is 4.16. The molecule has 0 radical (unpaired) electrons. The minimum absolute atomic E-state index is 0.0712. The summed E-state index contributed by atoms with van der Waals surface area (Å²) < 4.78 is 55.0. The fourth-order valence-electron chi connectivity index (χ4n) is 11.3. The highest BCUT2D eigenvalue weighted by atomic mass is 32.1. The third kappa shape index (κ3) is 56.2. The van der Waals surface area contributed by atoms with Crippen molar-refractivity contribution in [3.8, 4) is 0 Å². The molecule has 0 saturated carbocycles. The summed E-state index contributed by atoms with van der Waals surface area (Å²) in [5.41, 5.74) is 5.53. The Balaban J connectivity index is 0.00000134. The number of thiol groups is 1. The fourth-order valence-corrected chi connectivity index (χ4v) is 15.1. The van der Waals surface area contributed by atoms with Crippen LogP contribution in [-0.2, 0) is 45.7 Å². The van der Waals surface area contributed by atoms with Crippen molar-refractivity contribution >= 4 is 68.1 Å². The van der Waals surface area contributed by atoms with Crippen LogP contribution in [0.2, 0.25) is 0 Å². The van der Waals surface area contributed by atoms with Crippen molar-refractivity contribution in [3.05, 3.63) is 0 Å². The van der Waals surface area contributed by atoms with E-state index < -0.39 is 54.7 Å². The van der Waals surface area contributed by atoms with E-state index in [1.165, 1.54) is 245 Å². The van der Waals surface area contributed by atoms with E-state index in [-0.39, 0.29) is 13.2 Å². The second kappa shape index (κ2) is 60.4. The summed E-state index contributed by atoms with van der Waals surface area (Å²) in [6, 6.07) is 0. The molecular weight excluding hydrogens is 1210 g/mol. The molecule has 0 aliphatic carbocycles. The third-order valence-corrected chi connectivity index (χ3v) is 21.8. The monoisotopic (exact) mass is 1350 g/mol. The Labute approximate surface area is 547 Å². The molecule has 8 atom stereocenters. The molecule has 0 aromatic rings. The average Bonchev–Trinajstić information content (AvgIpc) is 4.38. The Morgan fingerprint density at radius 2 is 0.614 bits per heavy atom. The molecule has 2 aliphatic heterocycles.